The third kappa shape index (κ3) is 3.77. The molecule has 3 rings (SSSR count). The maximum Gasteiger partial charge on any atom is 0.225 e. The fourth-order valence-electron chi connectivity index (χ4n) is 3.89. The van der Waals surface area contributed by atoms with E-state index in [9.17, 15) is 4.79 Å². The van der Waals surface area contributed by atoms with Crippen LogP contribution in [0.1, 0.15) is 57.4 Å². The van der Waals surface area contributed by atoms with Crippen molar-refractivity contribution in [3.05, 3.63) is 18.0 Å². The van der Waals surface area contributed by atoms with Gasteiger partial charge < -0.3 is 9.64 Å². The van der Waals surface area contributed by atoms with E-state index in [-0.39, 0.29) is 5.92 Å². The highest BCUT2D eigenvalue weighted by Gasteiger charge is 2.38. The molecule has 0 bridgehead atoms. The van der Waals surface area contributed by atoms with Gasteiger partial charge in [0.1, 0.15) is 5.60 Å². The Morgan fingerprint density at radius 1 is 1.26 bits per heavy atom. The van der Waals surface area contributed by atoms with E-state index in [1.807, 2.05) is 24.3 Å². The van der Waals surface area contributed by atoms with Crippen LogP contribution in [0.25, 0.3) is 0 Å². The highest BCUT2D eigenvalue weighted by Crippen LogP contribution is 2.31. The average Bonchev–Trinajstić information content (AvgIpc) is 2.94. The monoisotopic (exact) mass is 319 g/mol. The highest BCUT2D eigenvalue weighted by molar-refractivity contribution is 5.79. The molecular formula is C18H29N3O2. The summed E-state index contributed by atoms with van der Waals surface area (Å²) in [6.07, 6.45) is 12.2. The van der Waals surface area contributed by atoms with Gasteiger partial charge in [0, 0.05) is 31.3 Å². The lowest BCUT2D eigenvalue weighted by Gasteiger charge is -2.41. The van der Waals surface area contributed by atoms with Crippen molar-refractivity contribution in [3.63, 3.8) is 0 Å². The molecule has 0 N–H and O–H groups in total. The molecule has 1 atom stereocenters. The van der Waals surface area contributed by atoms with Crippen molar-refractivity contribution in [1.29, 1.82) is 0 Å². The van der Waals surface area contributed by atoms with Crippen LogP contribution < -0.4 is 0 Å². The number of rotatable bonds is 2. The molecule has 1 aromatic heterocycles. The summed E-state index contributed by atoms with van der Waals surface area (Å²) in [5.41, 5.74) is 0.610. The van der Waals surface area contributed by atoms with Crippen LogP contribution in [0.15, 0.2) is 12.4 Å². The first kappa shape index (κ1) is 16.5. The number of aryl methyl sites for hydroxylation is 1. The predicted octanol–water partition coefficient (Wildman–Crippen LogP) is 2.85. The van der Waals surface area contributed by atoms with Gasteiger partial charge in [-0.1, -0.05) is 32.1 Å². The Morgan fingerprint density at radius 2 is 1.96 bits per heavy atom. The number of amides is 1. The van der Waals surface area contributed by atoms with Gasteiger partial charge in [0.25, 0.3) is 0 Å². The highest BCUT2D eigenvalue weighted by atomic mass is 16.5. The van der Waals surface area contributed by atoms with Crippen molar-refractivity contribution >= 4 is 5.91 Å². The second-order valence-electron chi connectivity index (χ2n) is 7.28. The summed E-state index contributed by atoms with van der Waals surface area (Å²) in [6.45, 7) is 4.02. The number of aromatic nitrogens is 2. The molecule has 1 aliphatic carbocycles. The van der Waals surface area contributed by atoms with Gasteiger partial charge >= 0.3 is 0 Å². The molecule has 1 amide bonds. The summed E-state index contributed by atoms with van der Waals surface area (Å²) in [6, 6.07) is 0. The van der Waals surface area contributed by atoms with Gasteiger partial charge in [-0.2, -0.15) is 5.10 Å². The van der Waals surface area contributed by atoms with Gasteiger partial charge in [-0.15, -0.1) is 0 Å². The molecule has 2 heterocycles. The number of nitrogens with zero attached hydrogens (tertiary/aromatic N) is 3. The summed E-state index contributed by atoms with van der Waals surface area (Å²) in [5.74, 6) is 0.553. The molecule has 5 nitrogen and oxygen atoms in total. The fraction of sp³-hybridized carbons (Fsp3) is 0.778. The zero-order chi connectivity index (χ0) is 16.3. The zero-order valence-electron chi connectivity index (χ0n) is 14.5. The van der Waals surface area contributed by atoms with Gasteiger partial charge in [-0.25, -0.2) is 0 Å². The summed E-state index contributed by atoms with van der Waals surface area (Å²) in [5, 5.41) is 4.25. The molecule has 5 heteroatoms. The molecule has 128 valence electrons. The number of morpholine rings is 1. The van der Waals surface area contributed by atoms with Crippen molar-refractivity contribution in [2.24, 2.45) is 13.0 Å². The molecule has 1 aromatic rings. The number of hydrogen-bond donors (Lipinski definition) is 0. The van der Waals surface area contributed by atoms with E-state index in [2.05, 4.69) is 12.0 Å². The lowest BCUT2D eigenvalue weighted by Crippen LogP contribution is -2.52. The maximum atomic E-state index is 13.0. The van der Waals surface area contributed by atoms with Crippen LogP contribution in [-0.4, -0.2) is 40.3 Å². The molecule has 1 saturated carbocycles. The third-order valence-corrected chi connectivity index (χ3v) is 5.36. The van der Waals surface area contributed by atoms with Gasteiger partial charge in [0.05, 0.1) is 19.3 Å². The summed E-state index contributed by atoms with van der Waals surface area (Å²) in [4.78, 5) is 15.0. The van der Waals surface area contributed by atoms with Crippen LogP contribution in [0.4, 0.5) is 0 Å². The quantitative estimate of drug-likeness (QED) is 0.842. The van der Waals surface area contributed by atoms with E-state index in [0.29, 0.717) is 25.6 Å². The van der Waals surface area contributed by atoms with Gasteiger partial charge in [0.15, 0.2) is 0 Å². The third-order valence-electron chi connectivity index (χ3n) is 5.36. The number of carbonyl (C=O) groups is 1. The molecule has 23 heavy (non-hydrogen) atoms. The lowest BCUT2D eigenvalue weighted by atomic mass is 9.89. The van der Waals surface area contributed by atoms with Gasteiger partial charge in [-0.05, 0) is 19.8 Å². The van der Waals surface area contributed by atoms with E-state index in [4.69, 9.17) is 4.74 Å². The first-order valence-corrected chi connectivity index (χ1v) is 9.00. The van der Waals surface area contributed by atoms with E-state index in [0.717, 1.165) is 18.4 Å². The minimum Gasteiger partial charge on any atom is -0.367 e. The lowest BCUT2D eigenvalue weighted by molar-refractivity contribution is -0.154. The standard InChI is InChI=1S/C18H29N3O2/c1-18(16-12-19-20(2)13-16)14-21(10-11-23-18)17(22)15-8-6-4-3-5-7-9-15/h12-13,15H,3-11,14H2,1-2H3/t18-/m1/s1. The van der Waals surface area contributed by atoms with Gasteiger partial charge in [0.2, 0.25) is 5.91 Å². The molecule has 2 aliphatic rings. The zero-order valence-corrected chi connectivity index (χ0v) is 14.5. The SMILES string of the molecule is Cn1cc([C@@]2(C)CN(C(=O)C3CCCCCCC3)CCO2)cn1. The fourth-order valence-corrected chi connectivity index (χ4v) is 3.89. The normalized spacial score (nSPS) is 27.5. The number of carbonyl (C=O) groups excluding carboxylic acids is 1. The number of hydrogen-bond acceptors (Lipinski definition) is 3. The van der Waals surface area contributed by atoms with E-state index >= 15 is 0 Å². The molecule has 0 spiro atoms. The van der Waals surface area contributed by atoms with E-state index in [1.54, 1.807) is 4.68 Å². The Morgan fingerprint density at radius 3 is 2.61 bits per heavy atom. The summed E-state index contributed by atoms with van der Waals surface area (Å²) < 4.78 is 7.82. The predicted molar refractivity (Wildman–Crippen MR) is 88.9 cm³/mol. The van der Waals surface area contributed by atoms with Crippen molar-refractivity contribution in [3.8, 4) is 0 Å². The molecule has 0 aromatic carbocycles. The molecule has 0 unspecified atom stereocenters. The van der Waals surface area contributed by atoms with Crippen LogP contribution in [-0.2, 0) is 22.2 Å². The van der Waals surface area contributed by atoms with Crippen LogP contribution >= 0.6 is 0 Å². The largest absolute Gasteiger partial charge is 0.367 e. The Labute approximate surface area is 139 Å². The molecule has 2 fully saturated rings. The Hall–Kier alpha value is -1.36. The van der Waals surface area contributed by atoms with Crippen molar-refractivity contribution in [2.75, 3.05) is 19.7 Å². The van der Waals surface area contributed by atoms with Crippen molar-refractivity contribution in [2.45, 2.75) is 57.5 Å². The second-order valence-corrected chi connectivity index (χ2v) is 7.28. The van der Waals surface area contributed by atoms with E-state index < -0.39 is 5.60 Å². The first-order chi connectivity index (χ1) is 11.1. The van der Waals surface area contributed by atoms with Crippen molar-refractivity contribution in [1.82, 2.24) is 14.7 Å². The second kappa shape index (κ2) is 7.04. The van der Waals surface area contributed by atoms with Gasteiger partial charge in [-0.3, -0.25) is 9.48 Å². The average molecular weight is 319 g/mol. The number of ether oxygens (including phenoxy) is 1. The molecule has 1 saturated heterocycles. The summed E-state index contributed by atoms with van der Waals surface area (Å²) in [7, 11) is 1.91. The Balaban J connectivity index is 1.68. The van der Waals surface area contributed by atoms with Crippen LogP contribution in [0.3, 0.4) is 0 Å². The van der Waals surface area contributed by atoms with Crippen LogP contribution in [0, 0.1) is 5.92 Å². The van der Waals surface area contributed by atoms with Crippen LogP contribution in [0.5, 0.6) is 0 Å². The minimum atomic E-state index is -0.441. The topological polar surface area (TPSA) is 47.4 Å². The van der Waals surface area contributed by atoms with Crippen molar-refractivity contribution < 1.29 is 9.53 Å². The smallest absolute Gasteiger partial charge is 0.225 e. The van der Waals surface area contributed by atoms with E-state index in [1.165, 1.54) is 32.1 Å². The first-order valence-electron chi connectivity index (χ1n) is 9.00. The Kier molecular flexibility index (Phi) is 5.05. The van der Waals surface area contributed by atoms with Crippen LogP contribution in [0.2, 0.25) is 0 Å². The minimum absolute atomic E-state index is 0.214. The Bertz CT molecular complexity index is 534. The molecule has 0 radical (unpaired) electrons. The molecule has 1 aliphatic heterocycles. The maximum absolute atomic E-state index is 13.0. The molecular weight excluding hydrogens is 290 g/mol. The summed E-state index contributed by atoms with van der Waals surface area (Å²) >= 11 is 0.